The van der Waals surface area contributed by atoms with E-state index in [-0.39, 0.29) is 19.4 Å². The van der Waals surface area contributed by atoms with Crippen LogP contribution in [0.2, 0.25) is 10.0 Å². The quantitative estimate of drug-likeness (QED) is 0.236. The Labute approximate surface area is 243 Å². The number of benzene rings is 3. The fourth-order valence-corrected chi connectivity index (χ4v) is 5.46. The highest BCUT2D eigenvalue weighted by molar-refractivity contribution is 6.42. The second-order valence-corrected chi connectivity index (χ2v) is 10.6. The molecule has 3 aromatic rings. The first-order valence-corrected chi connectivity index (χ1v) is 13.3. The summed E-state index contributed by atoms with van der Waals surface area (Å²) in [6.45, 7) is -0.108. The number of ether oxygens (including phenoxy) is 1. The van der Waals surface area contributed by atoms with Crippen molar-refractivity contribution in [2.75, 3.05) is 6.54 Å². The van der Waals surface area contributed by atoms with E-state index in [4.69, 9.17) is 27.9 Å². The molecule has 4 rings (SSSR count). The zero-order valence-electron chi connectivity index (χ0n) is 21.3. The largest absolute Gasteiger partial charge is 0.481 e. The van der Waals surface area contributed by atoms with E-state index in [2.05, 4.69) is 5.32 Å². The topological polar surface area (TPSA) is 167 Å². The molecule has 12 heteroatoms. The number of nitrogens with one attached hydrogen (secondary N) is 1. The molecule has 0 saturated heterocycles. The van der Waals surface area contributed by atoms with Crippen molar-refractivity contribution in [2.24, 2.45) is 23.7 Å². The molecule has 1 amide bonds. The van der Waals surface area contributed by atoms with Gasteiger partial charge in [0.15, 0.2) is 0 Å². The van der Waals surface area contributed by atoms with Crippen LogP contribution >= 0.6 is 23.2 Å². The molecule has 1 fully saturated rings. The van der Waals surface area contributed by atoms with Gasteiger partial charge in [0, 0.05) is 19.4 Å². The summed E-state index contributed by atoms with van der Waals surface area (Å²) in [5.74, 6) is -12.9. The van der Waals surface area contributed by atoms with Crippen molar-refractivity contribution < 1.29 is 44.0 Å². The fourth-order valence-electron chi connectivity index (χ4n) is 5.14. The molecule has 0 radical (unpaired) electrons. The SMILES string of the molecule is O=C(O[C@@H](CCNC(=O)C1[C@H](C(=O)O)C(C(=O)O)[C@H]1C(=O)O)Cc1ccc(Cl)c(Cl)c1)c1ccc2ccccc2c1. The van der Waals surface area contributed by atoms with E-state index in [1.54, 1.807) is 36.4 Å². The molecule has 0 heterocycles. The first-order valence-electron chi connectivity index (χ1n) is 12.6. The molecule has 0 aliphatic heterocycles. The van der Waals surface area contributed by atoms with E-state index < -0.39 is 59.6 Å². The van der Waals surface area contributed by atoms with Gasteiger partial charge in [-0.05, 0) is 40.6 Å². The van der Waals surface area contributed by atoms with Crippen LogP contribution in [0.25, 0.3) is 10.8 Å². The Morgan fingerprint density at radius 2 is 1.37 bits per heavy atom. The standard InChI is InChI=1S/C29H25Cl2NO9/c30-19-8-5-14(12-20(19)31)11-18(41-29(40)17-7-6-15-3-1-2-4-16(15)13-17)9-10-32-25(33)21-22(26(34)35)24(28(38)39)23(21)27(36)37/h1-8,12-13,18,21-24H,9-11H2,(H,32,33)(H,34,35)(H,36,37)(H,38,39)/t18-,21?,22-,23-,24?/m0/s1. The van der Waals surface area contributed by atoms with Crippen molar-refractivity contribution in [1.82, 2.24) is 5.32 Å². The molecule has 214 valence electrons. The first-order chi connectivity index (χ1) is 19.5. The lowest BCUT2D eigenvalue weighted by atomic mass is 9.56. The second-order valence-electron chi connectivity index (χ2n) is 9.74. The number of fused-ring (bicyclic) bond motifs is 1. The van der Waals surface area contributed by atoms with Gasteiger partial charge in [-0.1, -0.05) is 59.6 Å². The Morgan fingerprint density at radius 3 is 1.98 bits per heavy atom. The van der Waals surface area contributed by atoms with Crippen LogP contribution in [0.5, 0.6) is 0 Å². The van der Waals surface area contributed by atoms with Gasteiger partial charge in [0.1, 0.15) is 6.10 Å². The molecule has 1 aliphatic rings. The number of rotatable bonds is 11. The van der Waals surface area contributed by atoms with Crippen molar-refractivity contribution in [3.8, 4) is 0 Å². The number of hydrogen-bond donors (Lipinski definition) is 4. The Kier molecular flexibility index (Phi) is 9.14. The summed E-state index contributed by atoms with van der Waals surface area (Å²) in [5, 5.41) is 33.1. The number of halogens is 2. The zero-order valence-corrected chi connectivity index (χ0v) is 22.8. The molecule has 1 aliphatic carbocycles. The van der Waals surface area contributed by atoms with Crippen LogP contribution in [0.4, 0.5) is 0 Å². The molecule has 3 aromatic carbocycles. The van der Waals surface area contributed by atoms with E-state index in [9.17, 15) is 39.3 Å². The van der Waals surface area contributed by atoms with Gasteiger partial charge in [-0.2, -0.15) is 0 Å². The van der Waals surface area contributed by atoms with Crippen molar-refractivity contribution in [2.45, 2.75) is 18.9 Å². The summed E-state index contributed by atoms with van der Waals surface area (Å²) in [7, 11) is 0. The third kappa shape index (κ3) is 6.61. The minimum Gasteiger partial charge on any atom is -0.481 e. The third-order valence-corrected chi connectivity index (χ3v) is 7.92. The van der Waals surface area contributed by atoms with Crippen LogP contribution in [-0.2, 0) is 30.3 Å². The van der Waals surface area contributed by atoms with Gasteiger partial charge < -0.3 is 25.4 Å². The summed E-state index contributed by atoms with van der Waals surface area (Å²) >= 11 is 12.1. The maximum atomic E-state index is 13.1. The van der Waals surface area contributed by atoms with E-state index in [0.717, 1.165) is 10.8 Å². The smallest absolute Gasteiger partial charge is 0.338 e. The van der Waals surface area contributed by atoms with Gasteiger partial charge in [-0.3, -0.25) is 19.2 Å². The minimum atomic E-state index is -1.73. The Hall–Kier alpha value is -4.15. The maximum Gasteiger partial charge on any atom is 0.338 e. The Morgan fingerprint density at radius 1 is 0.756 bits per heavy atom. The Balaban J connectivity index is 1.48. The average Bonchev–Trinajstić information content (AvgIpc) is 2.89. The molecule has 0 unspecified atom stereocenters. The molecule has 0 spiro atoms. The number of carboxylic acid groups (broad SMARTS) is 3. The van der Waals surface area contributed by atoms with E-state index in [0.29, 0.717) is 21.2 Å². The number of amides is 1. The summed E-state index contributed by atoms with van der Waals surface area (Å²) < 4.78 is 5.78. The predicted octanol–water partition coefficient (Wildman–Crippen LogP) is 4.15. The van der Waals surface area contributed by atoms with Gasteiger partial charge in [0.25, 0.3) is 0 Å². The number of esters is 1. The van der Waals surface area contributed by atoms with E-state index in [1.165, 1.54) is 0 Å². The van der Waals surface area contributed by atoms with Crippen LogP contribution in [0.15, 0.2) is 60.7 Å². The molecule has 3 atom stereocenters. The highest BCUT2D eigenvalue weighted by Gasteiger charge is 2.64. The van der Waals surface area contributed by atoms with Crippen LogP contribution in [-0.4, -0.2) is 57.8 Å². The maximum absolute atomic E-state index is 13.1. The Bertz CT molecular complexity index is 1500. The van der Waals surface area contributed by atoms with Gasteiger partial charge in [0.05, 0.1) is 39.3 Å². The molecule has 4 N–H and O–H groups in total. The molecular formula is C29H25Cl2NO9. The number of carboxylic acids is 3. The molecule has 1 saturated carbocycles. The van der Waals surface area contributed by atoms with Crippen molar-refractivity contribution in [3.05, 3.63) is 81.8 Å². The van der Waals surface area contributed by atoms with E-state index >= 15 is 0 Å². The van der Waals surface area contributed by atoms with E-state index in [1.807, 2.05) is 24.3 Å². The van der Waals surface area contributed by atoms with Crippen LogP contribution < -0.4 is 5.32 Å². The van der Waals surface area contributed by atoms with Crippen molar-refractivity contribution in [1.29, 1.82) is 0 Å². The number of hydrogen-bond acceptors (Lipinski definition) is 6. The zero-order chi connectivity index (χ0) is 29.8. The summed E-state index contributed by atoms with van der Waals surface area (Å²) in [4.78, 5) is 60.7. The second kappa shape index (κ2) is 12.6. The van der Waals surface area contributed by atoms with Gasteiger partial charge in [-0.25, -0.2) is 4.79 Å². The number of carbonyl (C=O) groups is 5. The van der Waals surface area contributed by atoms with Crippen molar-refractivity contribution in [3.63, 3.8) is 0 Å². The lowest BCUT2D eigenvalue weighted by molar-refractivity contribution is -0.187. The number of carbonyl (C=O) groups excluding carboxylic acids is 2. The van der Waals surface area contributed by atoms with Gasteiger partial charge in [0.2, 0.25) is 5.91 Å². The molecular weight excluding hydrogens is 577 g/mol. The summed E-state index contributed by atoms with van der Waals surface area (Å²) in [6, 6.07) is 17.5. The van der Waals surface area contributed by atoms with Crippen LogP contribution in [0.3, 0.4) is 0 Å². The summed E-state index contributed by atoms with van der Waals surface area (Å²) in [5.41, 5.74) is 1.01. The monoisotopic (exact) mass is 601 g/mol. The molecule has 0 bridgehead atoms. The average molecular weight is 602 g/mol. The third-order valence-electron chi connectivity index (χ3n) is 7.18. The predicted molar refractivity (Wildman–Crippen MR) is 148 cm³/mol. The molecule has 41 heavy (non-hydrogen) atoms. The molecule has 0 aromatic heterocycles. The lowest BCUT2D eigenvalue weighted by Crippen LogP contribution is -2.62. The minimum absolute atomic E-state index is 0.0792. The van der Waals surface area contributed by atoms with Gasteiger partial charge >= 0.3 is 23.9 Å². The van der Waals surface area contributed by atoms with Crippen molar-refractivity contribution >= 4 is 63.8 Å². The van der Waals surface area contributed by atoms with Crippen LogP contribution in [0.1, 0.15) is 22.3 Å². The highest BCUT2D eigenvalue weighted by atomic mass is 35.5. The fraction of sp³-hybridized carbons (Fsp3) is 0.276. The highest BCUT2D eigenvalue weighted by Crippen LogP contribution is 2.47. The normalized spacial score (nSPS) is 20.4. The first kappa shape index (κ1) is 29.8. The van der Waals surface area contributed by atoms with Crippen LogP contribution in [0, 0.1) is 23.7 Å². The molecule has 10 nitrogen and oxygen atoms in total. The number of aliphatic carboxylic acids is 3. The van der Waals surface area contributed by atoms with Gasteiger partial charge in [-0.15, -0.1) is 0 Å². The lowest BCUT2D eigenvalue weighted by Gasteiger charge is -2.43. The summed E-state index contributed by atoms with van der Waals surface area (Å²) in [6.07, 6.45) is -0.493.